The van der Waals surface area contributed by atoms with Crippen molar-refractivity contribution in [3.63, 3.8) is 0 Å². The highest BCUT2D eigenvalue weighted by Crippen LogP contribution is 2.34. The molecule has 0 aromatic heterocycles. The van der Waals surface area contributed by atoms with E-state index < -0.39 is 21.7 Å². The number of nitrogens with one attached hydrogen (secondary N) is 1. The average molecular weight is 577 g/mol. The number of amides is 2. The van der Waals surface area contributed by atoms with Crippen molar-refractivity contribution in [3.8, 4) is 5.75 Å². The molecule has 1 saturated heterocycles. The molecular formula is C25H35Cl2N3O6S. The van der Waals surface area contributed by atoms with Gasteiger partial charge in [0.05, 0.1) is 9.93 Å². The number of fused-ring (bicyclic) bond motifs is 1. The minimum absolute atomic E-state index is 0. The van der Waals surface area contributed by atoms with Gasteiger partial charge in [0, 0.05) is 43.7 Å². The summed E-state index contributed by atoms with van der Waals surface area (Å²) in [5, 5.41) is 3.33. The van der Waals surface area contributed by atoms with Crippen LogP contribution in [-0.2, 0) is 19.6 Å². The fraction of sp³-hybridized carbons (Fsp3) is 0.600. The lowest BCUT2D eigenvalue weighted by molar-refractivity contribution is -0.137. The Morgan fingerprint density at radius 1 is 1.08 bits per heavy atom. The number of nitrogens with zero attached hydrogens (tertiary/aromatic N) is 2. The number of hydrogen-bond donors (Lipinski definition) is 1. The van der Waals surface area contributed by atoms with Gasteiger partial charge in [-0.1, -0.05) is 17.7 Å². The van der Waals surface area contributed by atoms with Crippen LogP contribution >= 0.6 is 24.0 Å². The normalized spacial score (nSPS) is 22.6. The summed E-state index contributed by atoms with van der Waals surface area (Å²) in [6.07, 6.45) is 3.94. The second kappa shape index (κ2) is 11.8. The van der Waals surface area contributed by atoms with Gasteiger partial charge < -0.3 is 19.7 Å². The Labute approximate surface area is 229 Å². The summed E-state index contributed by atoms with van der Waals surface area (Å²) < 4.78 is 38.8. The van der Waals surface area contributed by atoms with Crippen molar-refractivity contribution in [2.45, 2.75) is 58.1 Å². The summed E-state index contributed by atoms with van der Waals surface area (Å²) in [4.78, 5) is 27.0. The van der Waals surface area contributed by atoms with E-state index in [1.807, 2.05) is 20.8 Å². The van der Waals surface area contributed by atoms with E-state index in [1.165, 1.54) is 4.31 Å². The number of carbonyl (C=O) groups excluding carboxylic acids is 2. The number of ether oxygens (including phenoxy) is 2. The van der Waals surface area contributed by atoms with Crippen LogP contribution < -0.4 is 10.1 Å². The molecule has 0 unspecified atom stereocenters. The van der Waals surface area contributed by atoms with Crippen LogP contribution in [0.25, 0.3) is 6.08 Å². The molecular weight excluding hydrogens is 541 g/mol. The smallest absolute Gasteiger partial charge is 0.407 e. The van der Waals surface area contributed by atoms with E-state index in [-0.39, 0.29) is 54.9 Å². The maximum Gasteiger partial charge on any atom is 0.407 e. The molecule has 12 heteroatoms. The van der Waals surface area contributed by atoms with Crippen LogP contribution in [0.3, 0.4) is 0 Å². The molecule has 1 aromatic rings. The maximum absolute atomic E-state index is 13.2. The molecule has 0 bridgehead atoms. The highest BCUT2D eigenvalue weighted by Gasteiger charge is 2.36. The van der Waals surface area contributed by atoms with Crippen molar-refractivity contribution in [2.75, 3.05) is 32.8 Å². The van der Waals surface area contributed by atoms with Gasteiger partial charge in [-0.25, -0.2) is 13.2 Å². The monoisotopic (exact) mass is 575 g/mol. The molecule has 206 valence electrons. The third-order valence-corrected chi connectivity index (χ3v) is 8.98. The van der Waals surface area contributed by atoms with Gasteiger partial charge in [0.1, 0.15) is 18.0 Å². The number of alkyl carbamates (subject to hydrolysis) is 1. The maximum atomic E-state index is 13.2. The molecule has 1 aromatic carbocycles. The summed E-state index contributed by atoms with van der Waals surface area (Å²) >= 11 is 6.23. The first kappa shape index (κ1) is 29.5. The summed E-state index contributed by atoms with van der Waals surface area (Å²) in [7, 11) is -3.73. The van der Waals surface area contributed by atoms with Gasteiger partial charge >= 0.3 is 6.09 Å². The summed E-state index contributed by atoms with van der Waals surface area (Å²) in [5.74, 6) is 0.509. The minimum atomic E-state index is -3.73. The summed E-state index contributed by atoms with van der Waals surface area (Å²) in [5.41, 5.74) is 0.0138. The van der Waals surface area contributed by atoms with E-state index in [0.29, 0.717) is 55.1 Å². The average Bonchev–Trinajstić information content (AvgIpc) is 2.83. The number of sulfonamides is 1. The highest BCUT2D eigenvalue weighted by atomic mass is 35.5. The van der Waals surface area contributed by atoms with Crippen LogP contribution in [0.15, 0.2) is 23.1 Å². The van der Waals surface area contributed by atoms with Crippen molar-refractivity contribution in [3.05, 3.63) is 33.7 Å². The van der Waals surface area contributed by atoms with Crippen molar-refractivity contribution < 1.29 is 27.5 Å². The summed E-state index contributed by atoms with van der Waals surface area (Å²) in [6.45, 7) is 6.58. The van der Waals surface area contributed by atoms with Gasteiger partial charge in [0.15, 0.2) is 0 Å². The first-order valence-corrected chi connectivity index (χ1v) is 14.2. The molecule has 1 saturated carbocycles. The molecule has 2 aliphatic heterocycles. The molecule has 2 fully saturated rings. The zero-order valence-electron chi connectivity index (χ0n) is 21.4. The van der Waals surface area contributed by atoms with E-state index in [4.69, 9.17) is 21.1 Å². The fourth-order valence-corrected chi connectivity index (χ4v) is 6.49. The Kier molecular flexibility index (Phi) is 9.42. The van der Waals surface area contributed by atoms with E-state index in [9.17, 15) is 18.0 Å². The standard InChI is InChI=1S/C25H34ClN3O6S.ClH/c1-25(2,3)35-24(31)27-18-9-7-17(8-10-18)23(30)28-11-13-29(14-12-28)36(32,33)19-15-20-21(26)5-4-6-22(20)34-16-19;/h4-6,15,17-18H,7-14,16H2,1-3H3,(H,27,31);1H/t17-,18-;. The topological polar surface area (TPSA) is 105 Å². The number of halogens is 2. The first-order chi connectivity index (χ1) is 16.9. The van der Waals surface area contributed by atoms with Crippen LogP contribution in [0.1, 0.15) is 52.0 Å². The molecule has 0 atom stereocenters. The zero-order valence-corrected chi connectivity index (χ0v) is 23.8. The van der Waals surface area contributed by atoms with Crippen molar-refractivity contribution in [2.24, 2.45) is 5.92 Å². The zero-order chi connectivity index (χ0) is 26.1. The number of piperazine rings is 1. The Morgan fingerprint density at radius 2 is 1.73 bits per heavy atom. The van der Waals surface area contributed by atoms with Crippen molar-refractivity contribution >= 4 is 52.1 Å². The molecule has 9 nitrogen and oxygen atoms in total. The van der Waals surface area contributed by atoms with Crippen molar-refractivity contribution in [1.82, 2.24) is 14.5 Å². The molecule has 1 N–H and O–H groups in total. The highest BCUT2D eigenvalue weighted by molar-refractivity contribution is 7.93. The first-order valence-electron chi connectivity index (χ1n) is 12.3. The van der Waals surface area contributed by atoms with E-state index in [1.54, 1.807) is 29.2 Å². The van der Waals surface area contributed by atoms with Gasteiger partial charge in [0.25, 0.3) is 0 Å². The Balaban J connectivity index is 0.00000380. The van der Waals surface area contributed by atoms with E-state index >= 15 is 0 Å². The molecule has 2 heterocycles. The lowest BCUT2D eigenvalue weighted by atomic mass is 9.85. The Bertz CT molecular complexity index is 1140. The van der Waals surface area contributed by atoms with Gasteiger partial charge in [0.2, 0.25) is 15.9 Å². The molecule has 1 aliphatic carbocycles. The quantitative estimate of drug-likeness (QED) is 0.580. The molecule has 0 spiro atoms. The summed E-state index contributed by atoms with van der Waals surface area (Å²) in [6, 6.07) is 5.21. The van der Waals surface area contributed by atoms with Crippen molar-refractivity contribution in [1.29, 1.82) is 0 Å². The van der Waals surface area contributed by atoms with Gasteiger partial charge in [-0.3, -0.25) is 4.79 Å². The minimum Gasteiger partial charge on any atom is -0.487 e. The third kappa shape index (κ3) is 7.10. The Morgan fingerprint density at radius 3 is 2.35 bits per heavy atom. The third-order valence-electron chi connectivity index (χ3n) is 6.71. The number of hydrogen-bond acceptors (Lipinski definition) is 6. The molecule has 4 rings (SSSR count). The van der Waals surface area contributed by atoms with Crippen LogP contribution in [-0.4, -0.2) is 74.1 Å². The predicted molar refractivity (Wildman–Crippen MR) is 144 cm³/mol. The number of benzene rings is 1. The van der Waals surface area contributed by atoms with Crippen LogP contribution in [0.4, 0.5) is 4.79 Å². The van der Waals surface area contributed by atoms with E-state index in [2.05, 4.69) is 5.32 Å². The van der Waals surface area contributed by atoms with Gasteiger partial charge in [-0.2, -0.15) is 4.31 Å². The number of carbonyl (C=O) groups is 2. The number of rotatable bonds is 4. The second-order valence-corrected chi connectivity index (χ2v) is 12.9. The van der Waals surface area contributed by atoms with E-state index in [0.717, 1.165) is 0 Å². The molecule has 0 radical (unpaired) electrons. The Hall–Kier alpha value is -2.01. The second-order valence-electron chi connectivity index (χ2n) is 10.5. The van der Waals surface area contributed by atoms with Crippen LogP contribution in [0.5, 0.6) is 5.75 Å². The van der Waals surface area contributed by atoms with Gasteiger partial charge in [-0.05, 0) is 64.7 Å². The predicted octanol–water partition coefficient (Wildman–Crippen LogP) is 4.05. The van der Waals surface area contributed by atoms with Gasteiger partial charge in [-0.15, -0.1) is 12.4 Å². The SMILES string of the molecule is CC(C)(C)OC(=O)N[C@H]1CC[C@H](C(=O)N2CCN(S(=O)(=O)C3=Cc4c(Cl)cccc4OC3)CC2)CC1.Cl. The fourth-order valence-electron chi connectivity index (χ4n) is 4.82. The molecule has 37 heavy (non-hydrogen) atoms. The lowest BCUT2D eigenvalue weighted by Crippen LogP contribution is -2.53. The van der Waals surface area contributed by atoms with Crippen LogP contribution in [0.2, 0.25) is 5.02 Å². The molecule has 2 amide bonds. The van der Waals surface area contributed by atoms with Crippen LogP contribution in [0, 0.1) is 5.92 Å². The molecule has 3 aliphatic rings. The largest absolute Gasteiger partial charge is 0.487 e. The lowest BCUT2D eigenvalue weighted by Gasteiger charge is -2.38.